The van der Waals surface area contributed by atoms with Gasteiger partial charge in [-0.15, -0.1) is 0 Å². The molecular weight excluding hydrogens is 352 g/mol. The number of para-hydroxylation sites is 1. The molecule has 0 fully saturated rings. The van der Waals surface area contributed by atoms with Crippen LogP contribution in [0.3, 0.4) is 0 Å². The fourth-order valence-corrected chi connectivity index (χ4v) is 2.86. The van der Waals surface area contributed by atoms with E-state index in [0.717, 1.165) is 23.4 Å². The minimum absolute atomic E-state index is 0.225. The normalized spacial score (nSPS) is 10.4. The summed E-state index contributed by atoms with van der Waals surface area (Å²) in [6.07, 6.45) is 3.19. The predicted molar refractivity (Wildman–Crippen MR) is 110 cm³/mol. The van der Waals surface area contributed by atoms with Crippen molar-refractivity contribution in [2.75, 3.05) is 19.0 Å². The highest BCUT2D eigenvalue weighted by atomic mass is 16.5. The number of anilines is 2. The summed E-state index contributed by atoms with van der Waals surface area (Å²) in [5.41, 5.74) is 3.54. The molecule has 2 N–H and O–H groups in total. The quantitative estimate of drug-likeness (QED) is 0.626. The topological polar surface area (TPSA) is 76.1 Å². The highest BCUT2D eigenvalue weighted by molar-refractivity contribution is 5.92. The standard InChI is InChI=1S/C22H24N4O2/c1-3-17-8-4-5-10-19(17)25-22-24-14-12-20(26-22)21(27)23-13-11-16-7-6-9-18(15-16)28-2/h4-10,12,14-15H,3,11,13H2,1-2H3,(H,23,27)(H,24,25,26). The summed E-state index contributed by atoms with van der Waals surface area (Å²) < 4.78 is 5.22. The number of nitrogens with zero attached hydrogens (tertiary/aromatic N) is 2. The Morgan fingerprint density at radius 3 is 2.79 bits per heavy atom. The Balaban J connectivity index is 1.60. The fourth-order valence-electron chi connectivity index (χ4n) is 2.86. The molecule has 1 aromatic heterocycles. The lowest BCUT2D eigenvalue weighted by atomic mass is 10.1. The zero-order valence-electron chi connectivity index (χ0n) is 16.1. The van der Waals surface area contributed by atoms with Gasteiger partial charge in [0, 0.05) is 18.4 Å². The van der Waals surface area contributed by atoms with E-state index in [9.17, 15) is 4.79 Å². The van der Waals surface area contributed by atoms with Gasteiger partial charge in [0.1, 0.15) is 11.4 Å². The van der Waals surface area contributed by atoms with Gasteiger partial charge in [-0.2, -0.15) is 0 Å². The van der Waals surface area contributed by atoms with E-state index in [2.05, 4.69) is 33.6 Å². The van der Waals surface area contributed by atoms with Crippen molar-refractivity contribution in [3.05, 3.63) is 77.6 Å². The van der Waals surface area contributed by atoms with Crippen molar-refractivity contribution in [1.82, 2.24) is 15.3 Å². The Hall–Kier alpha value is -3.41. The molecule has 0 bridgehead atoms. The van der Waals surface area contributed by atoms with Gasteiger partial charge in [0.25, 0.3) is 5.91 Å². The van der Waals surface area contributed by atoms with Crippen molar-refractivity contribution in [3.8, 4) is 5.75 Å². The van der Waals surface area contributed by atoms with Crippen LogP contribution in [-0.2, 0) is 12.8 Å². The molecule has 0 aliphatic rings. The van der Waals surface area contributed by atoms with Gasteiger partial charge in [0.15, 0.2) is 0 Å². The van der Waals surface area contributed by atoms with E-state index in [1.54, 1.807) is 19.4 Å². The third-order valence-electron chi connectivity index (χ3n) is 4.37. The summed E-state index contributed by atoms with van der Waals surface area (Å²) >= 11 is 0. The van der Waals surface area contributed by atoms with Crippen LogP contribution < -0.4 is 15.4 Å². The lowest BCUT2D eigenvalue weighted by Crippen LogP contribution is -2.26. The summed E-state index contributed by atoms with van der Waals surface area (Å²) in [5.74, 6) is 0.987. The molecular formula is C22H24N4O2. The Kier molecular flexibility index (Phi) is 6.57. The number of carbonyl (C=O) groups excluding carboxylic acids is 1. The first-order valence-electron chi connectivity index (χ1n) is 9.28. The lowest BCUT2D eigenvalue weighted by Gasteiger charge is -2.10. The second-order valence-electron chi connectivity index (χ2n) is 6.26. The van der Waals surface area contributed by atoms with E-state index in [-0.39, 0.29) is 5.91 Å². The first-order chi connectivity index (χ1) is 13.7. The molecule has 28 heavy (non-hydrogen) atoms. The third kappa shape index (κ3) is 5.07. The molecule has 0 radical (unpaired) electrons. The molecule has 0 saturated carbocycles. The molecule has 0 atom stereocenters. The number of nitrogens with one attached hydrogen (secondary N) is 2. The van der Waals surface area contributed by atoms with Crippen molar-refractivity contribution in [3.63, 3.8) is 0 Å². The van der Waals surface area contributed by atoms with E-state index >= 15 is 0 Å². The number of aryl methyl sites for hydroxylation is 1. The molecule has 0 saturated heterocycles. The molecule has 0 spiro atoms. The lowest BCUT2D eigenvalue weighted by molar-refractivity contribution is 0.0949. The van der Waals surface area contributed by atoms with Crippen molar-refractivity contribution in [1.29, 1.82) is 0 Å². The number of hydrogen-bond donors (Lipinski definition) is 2. The predicted octanol–water partition coefficient (Wildman–Crippen LogP) is 3.76. The van der Waals surface area contributed by atoms with Crippen LogP contribution in [0.25, 0.3) is 0 Å². The van der Waals surface area contributed by atoms with Gasteiger partial charge >= 0.3 is 0 Å². The van der Waals surface area contributed by atoms with Crippen LogP contribution in [-0.4, -0.2) is 29.5 Å². The van der Waals surface area contributed by atoms with Gasteiger partial charge in [0.2, 0.25) is 5.95 Å². The molecule has 6 nitrogen and oxygen atoms in total. The minimum Gasteiger partial charge on any atom is -0.497 e. The number of aromatic nitrogens is 2. The van der Waals surface area contributed by atoms with Crippen molar-refractivity contribution >= 4 is 17.5 Å². The highest BCUT2D eigenvalue weighted by Gasteiger charge is 2.09. The minimum atomic E-state index is -0.225. The van der Waals surface area contributed by atoms with Gasteiger partial charge < -0.3 is 15.4 Å². The zero-order valence-corrected chi connectivity index (χ0v) is 16.1. The number of hydrogen-bond acceptors (Lipinski definition) is 5. The van der Waals surface area contributed by atoms with Gasteiger partial charge in [-0.05, 0) is 48.2 Å². The Morgan fingerprint density at radius 1 is 1.11 bits per heavy atom. The second-order valence-corrected chi connectivity index (χ2v) is 6.26. The fraction of sp³-hybridized carbons (Fsp3) is 0.227. The number of ether oxygens (including phenoxy) is 1. The Labute approximate surface area is 165 Å². The van der Waals surface area contributed by atoms with Crippen LogP contribution >= 0.6 is 0 Å². The summed E-state index contributed by atoms with van der Waals surface area (Å²) in [7, 11) is 1.64. The molecule has 0 aliphatic carbocycles. The zero-order chi connectivity index (χ0) is 19.8. The molecule has 1 heterocycles. The number of carbonyl (C=O) groups is 1. The monoisotopic (exact) mass is 376 g/mol. The number of rotatable bonds is 8. The number of amides is 1. The van der Waals surface area contributed by atoms with Crippen LogP contribution in [0.5, 0.6) is 5.75 Å². The SMILES string of the molecule is CCc1ccccc1Nc1nccc(C(=O)NCCc2cccc(OC)c2)n1. The summed E-state index contributed by atoms with van der Waals surface area (Å²) in [4.78, 5) is 21.0. The summed E-state index contributed by atoms with van der Waals surface area (Å²) in [6, 6.07) is 17.4. The molecule has 3 aromatic rings. The van der Waals surface area contributed by atoms with Gasteiger partial charge in [-0.1, -0.05) is 37.3 Å². The molecule has 1 amide bonds. The van der Waals surface area contributed by atoms with Crippen molar-refractivity contribution in [2.45, 2.75) is 19.8 Å². The van der Waals surface area contributed by atoms with E-state index in [4.69, 9.17) is 4.74 Å². The van der Waals surface area contributed by atoms with Gasteiger partial charge in [-0.3, -0.25) is 4.79 Å². The summed E-state index contributed by atoms with van der Waals surface area (Å²) in [5, 5.41) is 6.10. The largest absolute Gasteiger partial charge is 0.497 e. The number of methoxy groups -OCH3 is 1. The Bertz CT molecular complexity index is 943. The van der Waals surface area contributed by atoms with Crippen LogP contribution in [0, 0.1) is 0 Å². The first-order valence-corrected chi connectivity index (χ1v) is 9.28. The Morgan fingerprint density at radius 2 is 1.96 bits per heavy atom. The average Bonchev–Trinajstić information content (AvgIpc) is 2.74. The van der Waals surface area contributed by atoms with Gasteiger partial charge in [-0.25, -0.2) is 9.97 Å². The van der Waals surface area contributed by atoms with E-state index < -0.39 is 0 Å². The third-order valence-corrected chi connectivity index (χ3v) is 4.37. The highest BCUT2D eigenvalue weighted by Crippen LogP contribution is 2.19. The maximum atomic E-state index is 12.4. The molecule has 144 valence electrons. The molecule has 0 unspecified atom stereocenters. The van der Waals surface area contributed by atoms with Crippen molar-refractivity contribution in [2.24, 2.45) is 0 Å². The maximum absolute atomic E-state index is 12.4. The number of benzene rings is 2. The van der Waals surface area contributed by atoms with Gasteiger partial charge in [0.05, 0.1) is 7.11 Å². The molecule has 2 aromatic carbocycles. The molecule has 6 heteroatoms. The first kappa shape index (κ1) is 19.4. The van der Waals surface area contributed by atoms with E-state index in [0.29, 0.717) is 24.6 Å². The smallest absolute Gasteiger partial charge is 0.270 e. The second kappa shape index (κ2) is 9.50. The van der Waals surface area contributed by atoms with Crippen LogP contribution in [0.2, 0.25) is 0 Å². The average molecular weight is 376 g/mol. The molecule has 3 rings (SSSR count). The van der Waals surface area contributed by atoms with Crippen LogP contribution in [0.4, 0.5) is 11.6 Å². The molecule has 0 aliphatic heterocycles. The maximum Gasteiger partial charge on any atom is 0.270 e. The van der Waals surface area contributed by atoms with Crippen molar-refractivity contribution < 1.29 is 9.53 Å². The van der Waals surface area contributed by atoms with Crippen LogP contribution in [0.15, 0.2) is 60.8 Å². The summed E-state index contributed by atoms with van der Waals surface area (Å²) in [6.45, 7) is 2.60. The van der Waals surface area contributed by atoms with E-state index in [1.165, 1.54) is 5.56 Å². The van der Waals surface area contributed by atoms with E-state index in [1.807, 2.05) is 42.5 Å². The van der Waals surface area contributed by atoms with Crippen LogP contribution in [0.1, 0.15) is 28.5 Å².